The van der Waals surface area contributed by atoms with Crippen molar-refractivity contribution in [2.24, 2.45) is 0 Å². The van der Waals surface area contributed by atoms with Crippen LogP contribution in [0.5, 0.6) is 0 Å². The smallest absolute Gasteiger partial charge is 0.271 e. The highest BCUT2D eigenvalue weighted by atomic mass is 79.9. The van der Waals surface area contributed by atoms with Gasteiger partial charge in [0.2, 0.25) is 0 Å². The minimum atomic E-state index is -0.114. The Hall–Kier alpha value is -3.19. The number of carbonyl (C=O) groups is 1. The Kier molecular flexibility index (Phi) is 5.57. The van der Waals surface area contributed by atoms with Gasteiger partial charge in [0.1, 0.15) is 5.69 Å². The van der Waals surface area contributed by atoms with Crippen LogP contribution in [-0.2, 0) is 13.1 Å². The van der Waals surface area contributed by atoms with Crippen LogP contribution in [0.4, 0.5) is 0 Å². The molecule has 0 saturated carbocycles. The Bertz CT molecular complexity index is 1100. The van der Waals surface area contributed by atoms with Gasteiger partial charge < -0.3 is 4.90 Å². The van der Waals surface area contributed by atoms with E-state index in [2.05, 4.69) is 43.4 Å². The predicted octanol–water partition coefficient (Wildman–Crippen LogP) is 4.36. The highest BCUT2D eigenvalue weighted by Crippen LogP contribution is 2.21. The monoisotopic (exact) mass is 449 g/mol. The fraction of sp³-hybridized carbons (Fsp3) is 0.136. The second-order valence-corrected chi connectivity index (χ2v) is 7.78. The first kappa shape index (κ1) is 19.1. The van der Waals surface area contributed by atoms with Crippen LogP contribution in [0.25, 0.3) is 11.3 Å². The summed E-state index contributed by atoms with van der Waals surface area (Å²) in [6.45, 7) is 1.18. The summed E-state index contributed by atoms with van der Waals surface area (Å²) < 4.78 is 2.88. The van der Waals surface area contributed by atoms with E-state index in [1.807, 2.05) is 53.3 Å². The lowest BCUT2D eigenvalue weighted by molar-refractivity contribution is 0.0779. The Labute approximate surface area is 177 Å². The highest BCUT2D eigenvalue weighted by molar-refractivity contribution is 9.10. The summed E-state index contributed by atoms with van der Waals surface area (Å²) in [5.74, 6) is -0.114. The molecule has 0 atom stereocenters. The van der Waals surface area contributed by atoms with E-state index in [0.29, 0.717) is 18.8 Å². The second kappa shape index (κ2) is 8.45. The lowest BCUT2D eigenvalue weighted by atomic mass is 10.1. The molecule has 4 aromatic rings. The predicted molar refractivity (Wildman–Crippen MR) is 115 cm³/mol. The van der Waals surface area contributed by atoms with E-state index in [1.54, 1.807) is 24.2 Å². The van der Waals surface area contributed by atoms with Crippen LogP contribution in [0.2, 0.25) is 0 Å². The maximum absolute atomic E-state index is 12.8. The molecular weight excluding hydrogens is 430 g/mol. The molecule has 0 bridgehead atoms. The third-order valence-electron chi connectivity index (χ3n) is 4.59. The molecule has 2 aromatic heterocycles. The number of benzene rings is 2. The molecule has 0 spiro atoms. The lowest BCUT2D eigenvalue weighted by Crippen LogP contribution is -2.26. The maximum Gasteiger partial charge on any atom is 0.271 e. The van der Waals surface area contributed by atoms with E-state index in [9.17, 15) is 4.79 Å². The number of nitrogens with one attached hydrogen (secondary N) is 1. The summed E-state index contributed by atoms with van der Waals surface area (Å²) in [4.78, 5) is 14.4. The number of hydrogen-bond donors (Lipinski definition) is 1. The standard InChI is InChI=1S/C22H20BrN5O/c1-27(13-17-12-24-28(15-17)14-16-5-3-2-4-6-16)22(29)21-11-20(25-26-21)18-7-9-19(23)10-8-18/h2-12,15H,13-14H2,1H3,(H,25,26). The van der Waals surface area contributed by atoms with Gasteiger partial charge in [0.15, 0.2) is 0 Å². The van der Waals surface area contributed by atoms with Gasteiger partial charge in [-0.05, 0) is 23.8 Å². The average molecular weight is 450 g/mol. The van der Waals surface area contributed by atoms with Crippen molar-refractivity contribution in [1.29, 1.82) is 0 Å². The van der Waals surface area contributed by atoms with Crippen LogP contribution < -0.4 is 0 Å². The molecule has 1 amide bonds. The Morgan fingerprint density at radius 3 is 2.62 bits per heavy atom. The van der Waals surface area contributed by atoms with Gasteiger partial charge in [0, 0.05) is 35.4 Å². The number of aromatic amines is 1. The van der Waals surface area contributed by atoms with Gasteiger partial charge in [-0.25, -0.2) is 0 Å². The molecule has 4 rings (SSSR count). The Morgan fingerprint density at radius 2 is 1.86 bits per heavy atom. The number of amides is 1. The maximum atomic E-state index is 12.8. The lowest BCUT2D eigenvalue weighted by Gasteiger charge is -2.14. The van der Waals surface area contributed by atoms with Crippen molar-refractivity contribution in [3.63, 3.8) is 0 Å². The number of hydrogen-bond acceptors (Lipinski definition) is 3. The molecule has 2 aromatic carbocycles. The summed E-state index contributed by atoms with van der Waals surface area (Å²) in [5, 5.41) is 11.5. The first-order chi connectivity index (χ1) is 14.1. The van der Waals surface area contributed by atoms with Crippen LogP contribution in [0.15, 0.2) is 77.5 Å². The summed E-state index contributed by atoms with van der Waals surface area (Å²) in [6.07, 6.45) is 3.77. The molecular formula is C22H20BrN5O. The number of rotatable bonds is 6. The van der Waals surface area contributed by atoms with Crippen molar-refractivity contribution in [3.8, 4) is 11.3 Å². The number of aromatic nitrogens is 4. The molecule has 0 aliphatic carbocycles. The zero-order valence-electron chi connectivity index (χ0n) is 15.9. The number of nitrogens with zero attached hydrogens (tertiary/aromatic N) is 4. The normalized spacial score (nSPS) is 10.8. The number of carbonyl (C=O) groups excluding carboxylic acids is 1. The molecule has 1 N–H and O–H groups in total. The zero-order valence-corrected chi connectivity index (χ0v) is 17.5. The quantitative estimate of drug-likeness (QED) is 0.475. The molecule has 146 valence electrons. The molecule has 0 aliphatic heterocycles. The largest absolute Gasteiger partial charge is 0.336 e. The van der Waals surface area contributed by atoms with E-state index in [0.717, 1.165) is 21.3 Å². The fourth-order valence-corrected chi connectivity index (χ4v) is 3.36. The van der Waals surface area contributed by atoms with Gasteiger partial charge in [-0.1, -0.05) is 58.4 Å². The van der Waals surface area contributed by atoms with E-state index in [-0.39, 0.29) is 5.91 Å². The topological polar surface area (TPSA) is 66.8 Å². The third-order valence-corrected chi connectivity index (χ3v) is 5.12. The van der Waals surface area contributed by atoms with Crippen molar-refractivity contribution >= 4 is 21.8 Å². The van der Waals surface area contributed by atoms with Crippen molar-refractivity contribution < 1.29 is 4.79 Å². The Morgan fingerprint density at radius 1 is 1.10 bits per heavy atom. The van der Waals surface area contributed by atoms with Crippen LogP contribution >= 0.6 is 15.9 Å². The summed E-state index contributed by atoms with van der Waals surface area (Å²) in [5.41, 5.74) is 4.31. The Balaban J connectivity index is 1.40. The number of H-pyrrole nitrogens is 1. The van der Waals surface area contributed by atoms with Gasteiger partial charge in [-0.3, -0.25) is 14.6 Å². The highest BCUT2D eigenvalue weighted by Gasteiger charge is 2.16. The minimum absolute atomic E-state index is 0.114. The van der Waals surface area contributed by atoms with Crippen LogP contribution in [-0.4, -0.2) is 37.8 Å². The van der Waals surface area contributed by atoms with Crippen molar-refractivity contribution in [1.82, 2.24) is 24.9 Å². The average Bonchev–Trinajstić information content (AvgIpc) is 3.39. The fourth-order valence-electron chi connectivity index (χ4n) is 3.10. The second-order valence-electron chi connectivity index (χ2n) is 6.87. The molecule has 0 unspecified atom stereocenters. The van der Waals surface area contributed by atoms with Crippen LogP contribution in [0.3, 0.4) is 0 Å². The molecule has 6 nitrogen and oxygen atoms in total. The number of halogens is 1. The zero-order chi connectivity index (χ0) is 20.2. The van der Waals surface area contributed by atoms with E-state index < -0.39 is 0 Å². The van der Waals surface area contributed by atoms with Crippen LogP contribution in [0, 0.1) is 0 Å². The molecule has 0 aliphatic rings. The van der Waals surface area contributed by atoms with E-state index in [1.165, 1.54) is 5.56 Å². The van der Waals surface area contributed by atoms with E-state index in [4.69, 9.17) is 0 Å². The third kappa shape index (κ3) is 4.63. The van der Waals surface area contributed by atoms with Gasteiger partial charge in [0.25, 0.3) is 5.91 Å². The van der Waals surface area contributed by atoms with Gasteiger partial charge in [-0.15, -0.1) is 0 Å². The first-order valence-electron chi connectivity index (χ1n) is 9.20. The molecule has 2 heterocycles. The van der Waals surface area contributed by atoms with Crippen LogP contribution in [0.1, 0.15) is 21.6 Å². The van der Waals surface area contributed by atoms with Crippen molar-refractivity contribution in [2.45, 2.75) is 13.1 Å². The summed E-state index contributed by atoms with van der Waals surface area (Å²) >= 11 is 3.42. The SMILES string of the molecule is CN(Cc1cnn(Cc2ccccc2)c1)C(=O)c1cc(-c2ccc(Br)cc2)n[nH]1. The summed E-state index contributed by atoms with van der Waals surface area (Å²) in [7, 11) is 1.77. The molecule has 7 heteroatoms. The van der Waals surface area contributed by atoms with Gasteiger partial charge >= 0.3 is 0 Å². The molecule has 0 fully saturated rings. The van der Waals surface area contributed by atoms with Gasteiger partial charge in [0.05, 0.1) is 18.4 Å². The summed E-state index contributed by atoms with van der Waals surface area (Å²) in [6, 6.07) is 19.8. The first-order valence-corrected chi connectivity index (χ1v) is 10.00. The van der Waals surface area contributed by atoms with Gasteiger partial charge in [-0.2, -0.15) is 10.2 Å². The molecule has 0 saturated heterocycles. The molecule has 29 heavy (non-hydrogen) atoms. The molecule has 0 radical (unpaired) electrons. The minimum Gasteiger partial charge on any atom is -0.336 e. The van der Waals surface area contributed by atoms with Crippen molar-refractivity contribution in [3.05, 3.63) is 94.4 Å². The van der Waals surface area contributed by atoms with E-state index >= 15 is 0 Å². The van der Waals surface area contributed by atoms with Crippen molar-refractivity contribution in [2.75, 3.05) is 7.05 Å².